The molecule has 0 saturated heterocycles. The lowest BCUT2D eigenvalue weighted by Crippen LogP contribution is -2.22. The van der Waals surface area contributed by atoms with Crippen LogP contribution in [0.5, 0.6) is 0 Å². The largest absolute Gasteiger partial charge is 0.460 e. The molecule has 25 heavy (non-hydrogen) atoms. The molecule has 1 aromatic heterocycles. The maximum Gasteiger partial charge on any atom is 0.306 e. The lowest BCUT2D eigenvalue weighted by molar-refractivity contribution is -0.142. The first-order chi connectivity index (χ1) is 11.6. The Labute approximate surface area is 151 Å². The lowest BCUT2D eigenvalue weighted by Gasteiger charge is -2.10. The van der Waals surface area contributed by atoms with Gasteiger partial charge in [-0.1, -0.05) is 18.2 Å². The van der Waals surface area contributed by atoms with Crippen LogP contribution in [-0.4, -0.2) is 48.9 Å². The number of rotatable bonds is 7. The molecule has 1 heterocycles. The van der Waals surface area contributed by atoms with Crippen molar-refractivity contribution in [1.82, 2.24) is 13.9 Å². The standard InChI is InChI=1S/C16H20ClN3O4S/c1-11(17)10-24-16(21)8-7-15-18-13-9-12(25(22,23)19(2)3)5-6-14(13)20(15)4/h5-6,9H,1,7-8,10H2,2-4H3. The fourth-order valence-corrected chi connectivity index (χ4v) is 3.25. The van der Waals surface area contributed by atoms with Crippen molar-refractivity contribution in [1.29, 1.82) is 0 Å². The van der Waals surface area contributed by atoms with Crippen molar-refractivity contribution in [3.05, 3.63) is 35.6 Å². The smallest absolute Gasteiger partial charge is 0.306 e. The highest BCUT2D eigenvalue weighted by atomic mass is 35.5. The zero-order valence-electron chi connectivity index (χ0n) is 14.3. The summed E-state index contributed by atoms with van der Waals surface area (Å²) in [4.78, 5) is 16.3. The second-order valence-electron chi connectivity index (χ2n) is 5.70. The predicted molar refractivity (Wildman–Crippen MR) is 95.9 cm³/mol. The number of aromatic nitrogens is 2. The topological polar surface area (TPSA) is 81.5 Å². The van der Waals surface area contributed by atoms with E-state index in [9.17, 15) is 13.2 Å². The summed E-state index contributed by atoms with van der Waals surface area (Å²) in [5.74, 6) is 0.265. The molecule has 9 heteroatoms. The van der Waals surface area contributed by atoms with Crippen molar-refractivity contribution < 1.29 is 17.9 Å². The molecule has 0 spiro atoms. The Morgan fingerprint density at radius 3 is 2.68 bits per heavy atom. The van der Waals surface area contributed by atoms with Crippen molar-refractivity contribution in [2.45, 2.75) is 17.7 Å². The monoisotopic (exact) mass is 385 g/mol. The highest BCUT2D eigenvalue weighted by Gasteiger charge is 2.19. The SMILES string of the molecule is C=C(Cl)COC(=O)CCc1nc2cc(S(=O)(=O)N(C)C)ccc2n1C. The maximum atomic E-state index is 12.2. The molecule has 0 bridgehead atoms. The van der Waals surface area contributed by atoms with Gasteiger partial charge >= 0.3 is 5.97 Å². The van der Waals surface area contributed by atoms with E-state index in [1.807, 2.05) is 11.6 Å². The van der Waals surface area contributed by atoms with Gasteiger partial charge in [0.05, 0.1) is 22.3 Å². The fourth-order valence-electron chi connectivity index (χ4n) is 2.27. The minimum atomic E-state index is -3.52. The number of ether oxygens (including phenoxy) is 1. The average molecular weight is 386 g/mol. The number of sulfonamides is 1. The van der Waals surface area contributed by atoms with Gasteiger partial charge in [0.2, 0.25) is 10.0 Å². The van der Waals surface area contributed by atoms with Crippen LogP contribution in [0.3, 0.4) is 0 Å². The molecule has 0 amide bonds. The molecule has 0 aliphatic heterocycles. The number of halogens is 1. The number of carbonyl (C=O) groups is 1. The van der Waals surface area contributed by atoms with Gasteiger partial charge < -0.3 is 9.30 Å². The highest BCUT2D eigenvalue weighted by Crippen LogP contribution is 2.22. The number of esters is 1. The van der Waals surface area contributed by atoms with Crippen molar-refractivity contribution in [2.24, 2.45) is 7.05 Å². The number of aryl methyl sites for hydroxylation is 2. The molecular weight excluding hydrogens is 366 g/mol. The van der Waals surface area contributed by atoms with E-state index in [2.05, 4.69) is 11.6 Å². The number of nitrogens with zero attached hydrogens (tertiary/aromatic N) is 3. The zero-order valence-corrected chi connectivity index (χ0v) is 15.9. The van der Waals surface area contributed by atoms with Gasteiger partial charge in [-0.25, -0.2) is 17.7 Å². The highest BCUT2D eigenvalue weighted by molar-refractivity contribution is 7.89. The van der Waals surface area contributed by atoms with E-state index in [-0.39, 0.29) is 23.0 Å². The van der Waals surface area contributed by atoms with E-state index >= 15 is 0 Å². The van der Waals surface area contributed by atoms with Gasteiger partial charge in [0, 0.05) is 32.6 Å². The van der Waals surface area contributed by atoms with Crippen LogP contribution in [0.1, 0.15) is 12.2 Å². The normalized spacial score (nSPS) is 11.9. The molecule has 0 N–H and O–H groups in total. The van der Waals surface area contributed by atoms with Crippen LogP contribution >= 0.6 is 11.6 Å². The summed E-state index contributed by atoms with van der Waals surface area (Å²) in [6.07, 6.45) is 0.513. The average Bonchev–Trinajstić information content (AvgIpc) is 2.86. The van der Waals surface area contributed by atoms with Crippen molar-refractivity contribution >= 4 is 38.6 Å². The molecular formula is C16H20ClN3O4S. The van der Waals surface area contributed by atoms with E-state index < -0.39 is 16.0 Å². The molecule has 0 aliphatic rings. The first-order valence-electron chi connectivity index (χ1n) is 7.49. The Morgan fingerprint density at radius 1 is 1.40 bits per heavy atom. The fraction of sp³-hybridized carbons (Fsp3) is 0.375. The number of benzene rings is 1. The molecule has 2 aromatic rings. The van der Waals surface area contributed by atoms with Crippen LogP contribution in [0, 0.1) is 0 Å². The lowest BCUT2D eigenvalue weighted by atomic mass is 10.3. The first-order valence-corrected chi connectivity index (χ1v) is 9.31. The van der Waals surface area contributed by atoms with Gasteiger partial charge in [0.15, 0.2) is 0 Å². The van der Waals surface area contributed by atoms with Crippen LogP contribution in [0.4, 0.5) is 0 Å². The zero-order chi connectivity index (χ0) is 18.8. The second kappa shape index (κ2) is 7.55. The molecule has 0 unspecified atom stereocenters. The van der Waals surface area contributed by atoms with Crippen LogP contribution < -0.4 is 0 Å². The molecule has 7 nitrogen and oxygen atoms in total. The third-order valence-electron chi connectivity index (χ3n) is 3.67. The quantitative estimate of drug-likeness (QED) is 0.681. The number of fused-ring (bicyclic) bond motifs is 1. The Morgan fingerprint density at radius 2 is 2.08 bits per heavy atom. The van der Waals surface area contributed by atoms with E-state index in [0.717, 1.165) is 9.82 Å². The van der Waals surface area contributed by atoms with Crippen molar-refractivity contribution in [2.75, 3.05) is 20.7 Å². The van der Waals surface area contributed by atoms with E-state index in [1.165, 1.54) is 20.2 Å². The van der Waals surface area contributed by atoms with Gasteiger partial charge in [0.25, 0.3) is 0 Å². The molecule has 1 aromatic carbocycles. The van der Waals surface area contributed by atoms with Crippen LogP contribution in [-0.2, 0) is 33.0 Å². The molecule has 0 atom stereocenters. The number of hydrogen-bond acceptors (Lipinski definition) is 5. The molecule has 0 saturated carbocycles. The molecule has 0 radical (unpaired) electrons. The van der Waals surface area contributed by atoms with Gasteiger partial charge in [-0.05, 0) is 18.2 Å². The first kappa shape index (κ1) is 19.4. The van der Waals surface area contributed by atoms with E-state index in [1.54, 1.807) is 12.1 Å². The van der Waals surface area contributed by atoms with Gasteiger partial charge in [-0.2, -0.15) is 0 Å². The van der Waals surface area contributed by atoms with Gasteiger partial charge in [-0.15, -0.1) is 0 Å². The predicted octanol–water partition coefficient (Wildman–Crippen LogP) is 2.05. The summed E-state index contributed by atoms with van der Waals surface area (Å²) in [6, 6.07) is 4.78. The van der Waals surface area contributed by atoms with Crippen molar-refractivity contribution in [3.8, 4) is 0 Å². The van der Waals surface area contributed by atoms with Crippen LogP contribution in [0.25, 0.3) is 11.0 Å². The molecule has 2 rings (SSSR count). The summed E-state index contributed by atoms with van der Waals surface area (Å²) in [5.41, 5.74) is 1.35. The minimum absolute atomic E-state index is 0.0192. The summed E-state index contributed by atoms with van der Waals surface area (Å²) in [6.45, 7) is 3.43. The third kappa shape index (κ3) is 4.39. The minimum Gasteiger partial charge on any atom is -0.460 e. The Balaban J connectivity index is 2.21. The second-order valence-corrected chi connectivity index (χ2v) is 8.39. The van der Waals surface area contributed by atoms with Crippen LogP contribution in [0.15, 0.2) is 34.7 Å². The summed E-state index contributed by atoms with van der Waals surface area (Å²) in [7, 11) is 1.25. The number of carbonyl (C=O) groups excluding carboxylic acids is 1. The van der Waals surface area contributed by atoms with Gasteiger partial charge in [-0.3, -0.25) is 4.79 Å². The van der Waals surface area contributed by atoms with Crippen LogP contribution in [0.2, 0.25) is 0 Å². The number of imidazole rings is 1. The Bertz CT molecular complexity index is 919. The van der Waals surface area contributed by atoms with E-state index in [4.69, 9.17) is 16.3 Å². The van der Waals surface area contributed by atoms with Gasteiger partial charge in [0.1, 0.15) is 12.4 Å². The summed E-state index contributed by atoms with van der Waals surface area (Å²) < 4.78 is 32.4. The number of hydrogen-bond donors (Lipinski definition) is 0. The summed E-state index contributed by atoms with van der Waals surface area (Å²) >= 11 is 5.55. The maximum absolute atomic E-state index is 12.2. The molecule has 136 valence electrons. The van der Waals surface area contributed by atoms with E-state index in [0.29, 0.717) is 17.8 Å². The molecule has 0 aliphatic carbocycles. The Kier molecular flexibility index (Phi) is 5.87. The molecule has 0 fully saturated rings. The Hall–Kier alpha value is -1.90. The summed E-state index contributed by atoms with van der Waals surface area (Å²) in [5, 5.41) is 0.255. The third-order valence-corrected chi connectivity index (χ3v) is 5.59. The van der Waals surface area contributed by atoms with Crippen molar-refractivity contribution in [3.63, 3.8) is 0 Å².